The lowest BCUT2D eigenvalue weighted by molar-refractivity contribution is -0.148. The summed E-state index contributed by atoms with van der Waals surface area (Å²) in [5, 5.41) is 19.3. The van der Waals surface area contributed by atoms with Crippen molar-refractivity contribution in [1.82, 2.24) is 15.0 Å². The Morgan fingerprint density at radius 1 is 1.19 bits per heavy atom. The maximum absolute atomic E-state index is 12.2. The summed E-state index contributed by atoms with van der Waals surface area (Å²) in [5.41, 5.74) is 2.72. The van der Waals surface area contributed by atoms with E-state index < -0.39 is 11.4 Å². The number of carboxylic acid groups (broad SMARTS) is 1. The summed E-state index contributed by atoms with van der Waals surface area (Å²) >= 11 is 6.49. The van der Waals surface area contributed by atoms with Crippen molar-refractivity contribution < 1.29 is 19.4 Å². The van der Waals surface area contributed by atoms with Crippen LogP contribution in [0.2, 0.25) is 5.02 Å². The van der Waals surface area contributed by atoms with E-state index in [1.807, 2.05) is 53.3 Å². The molecule has 8 heteroatoms. The Balaban J connectivity index is 1.47. The molecule has 1 aromatic heterocycles. The van der Waals surface area contributed by atoms with E-state index in [-0.39, 0.29) is 5.92 Å². The van der Waals surface area contributed by atoms with Gasteiger partial charge >= 0.3 is 5.97 Å². The van der Waals surface area contributed by atoms with Gasteiger partial charge in [-0.3, -0.25) is 4.79 Å². The third kappa shape index (κ3) is 6.08. The molecule has 1 aliphatic carbocycles. The maximum atomic E-state index is 12.2. The topological polar surface area (TPSA) is 86.5 Å². The van der Waals surface area contributed by atoms with Crippen LogP contribution >= 0.6 is 11.6 Å². The van der Waals surface area contributed by atoms with Crippen LogP contribution in [0.25, 0.3) is 0 Å². The third-order valence-corrected chi connectivity index (χ3v) is 7.64. The van der Waals surface area contributed by atoms with Gasteiger partial charge in [0.15, 0.2) is 0 Å². The van der Waals surface area contributed by atoms with Gasteiger partial charge in [0.1, 0.15) is 5.75 Å². The Hall–Kier alpha value is -2.90. The molecule has 0 unspecified atom stereocenters. The average Bonchev–Trinajstić information content (AvgIpc) is 3.28. The highest BCUT2D eigenvalue weighted by atomic mass is 35.5. The number of aliphatic carboxylic acids is 1. The van der Waals surface area contributed by atoms with Crippen molar-refractivity contribution in [2.75, 3.05) is 7.11 Å². The summed E-state index contributed by atoms with van der Waals surface area (Å²) in [4.78, 5) is 12.2. The Morgan fingerprint density at radius 3 is 2.58 bits per heavy atom. The Morgan fingerprint density at radius 2 is 1.94 bits per heavy atom. The minimum absolute atomic E-state index is 0.235. The van der Waals surface area contributed by atoms with E-state index in [1.165, 1.54) is 6.42 Å². The van der Waals surface area contributed by atoms with Crippen LogP contribution < -0.4 is 4.74 Å². The minimum atomic E-state index is -0.973. The van der Waals surface area contributed by atoms with Gasteiger partial charge in [0.25, 0.3) is 0 Å². The van der Waals surface area contributed by atoms with Crippen LogP contribution in [0.4, 0.5) is 0 Å². The highest BCUT2D eigenvalue weighted by molar-refractivity contribution is 6.31. The number of aryl methyl sites for hydroxylation is 1. The minimum Gasteiger partial charge on any atom is -0.497 e. The molecule has 0 bridgehead atoms. The van der Waals surface area contributed by atoms with E-state index in [0.717, 1.165) is 41.0 Å². The molecule has 1 atom stereocenters. The molecule has 0 aliphatic heterocycles. The van der Waals surface area contributed by atoms with Crippen LogP contribution in [-0.2, 0) is 29.2 Å². The van der Waals surface area contributed by atoms with Gasteiger partial charge in [0.2, 0.25) is 0 Å². The van der Waals surface area contributed by atoms with Crippen LogP contribution in [0.1, 0.15) is 73.9 Å². The lowest BCUT2D eigenvalue weighted by atomic mass is 9.72. The van der Waals surface area contributed by atoms with Crippen molar-refractivity contribution in [1.29, 1.82) is 0 Å². The van der Waals surface area contributed by atoms with Gasteiger partial charge in [-0.05, 0) is 86.8 Å². The largest absolute Gasteiger partial charge is 0.497 e. The molecular formula is C28H34ClN3O4. The lowest BCUT2D eigenvalue weighted by Crippen LogP contribution is -2.32. The lowest BCUT2D eigenvalue weighted by Gasteiger charge is -2.31. The predicted octanol–water partition coefficient (Wildman–Crippen LogP) is 6.21. The van der Waals surface area contributed by atoms with Crippen molar-refractivity contribution in [2.24, 2.45) is 5.41 Å². The fourth-order valence-corrected chi connectivity index (χ4v) is 4.74. The molecule has 2 aromatic carbocycles. The molecule has 4 rings (SSSR count). The molecule has 3 aromatic rings. The van der Waals surface area contributed by atoms with Gasteiger partial charge in [0, 0.05) is 11.2 Å². The normalized spacial score (nSPS) is 14.9. The number of carboxylic acids is 1. The number of hydrogen-bond acceptors (Lipinski definition) is 5. The molecule has 0 saturated heterocycles. The number of ether oxygens (including phenoxy) is 2. The number of carbonyl (C=O) groups is 1. The number of nitrogens with zero attached hydrogens (tertiary/aromatic N) is 3. The van der Waals surface area contributed by atoms with E-state index in [4.69, 9.17) is 21.1 Å². The number of hydrogen-bond donors (Lipinski definition) is 1. The molecule has 0 spiro atoms. The number of benzene rings is 2. The number of halogens is 1. The number of methoxy groups -OCH3 is 1. The molecule has 0 amide bonds. The third-order valence-electron chi connectivity index (χ3n) is 7.28. The Kier molecular flexibility index (Phi) is 8.32. The first-order valence-electron chi connectivity index (χ1n) is 12.4. The highest BCUT2D eigenvalue weighted by Crippen LogP contribution is 2.40. The van der Waals surface area contributed by atoms with Gasteiger partial charge in [0.05, 0.1) is 37.5 Å². The second kappa shape index (κ2) is 11.4. The summed E-state index contributed by atoms with van der Waals surface area (Å²) in [6.45, 7) is 4.32. The molecule has 1 heterocycles. The summed E-state index contributed by atoms with van der Waals surface area (Å²) < 4.78 is 13.1. The van der Waals surface area contributed by atoms with Crippen LogP contribution in [0.3, 0.4) is 0 Å². The Labute approximate surface area is 217 Å². The first-order valence-corrected chi connectivity index (χ1v) is 12.8. The molecule has 0 radical (unpaired) electrons. The van der Waals surface area contributed by atoms with Gasteiger partial charge < -0.3 is 14.6 Å². The van der Waals surface area contributed by atoms with Crippen LogP contribution in [0.5, 0.6) is 5.75 Å². The Bertz CT molecular complexity index is 1170. The predicted molar refractivity (Wildman–Crippen MR) is 138 cm³/mol. The zero-order valence-electron chi connectivity index (χ0n) is 21.1. The van der Waals surface area contributed by atoms with E-state index in [0.29, 0.717) is 37.1 Å². The van der Waals surface area contributed by atoms with Crippen molar-refractivity contribution in [3.8, 4) is 5.75 Å². The SMILES string of the molecule is COc1ccc(COCc2cc([C@@H](CCc3cn(C4CCC4)nn3)C(C)(C)C(=O)O)ccc2Cl)cc1. The maximum Gasteiger partial charge on any atom is 0.309 e. The summed E-state index contributed by atoms with van der Waals surface area (Å²) in [7, 11) is 1.64. The van der Waals surface area contributed by atoms with Crippen molar-refractivity contribution in [3.63, 3.8) is 0 Å². The molecule has 192 valence electrons. The van der Waals surface area contributed by atoms with Crippen LogP contribution in [0.15, 0.2) is 48.7 Å². The van der Waals surface area contributed by atoms with E-state index >= 15 is 0 Å². The van der Waals surface area contributed by atoms with Crippen molar-refractivity contribution in [2.45, 2.75) is 71.1 Å². The van der Waals surface area contributed by atoms with Crippen LogP contribution in [0, 0.1) is 5.41 Å². The average molecular weight is 512 g/mol. The quantitative estimate of drug-likeness (QED) is 0.311. The summed E-state index contributed by atoms with van der Waals surface area (Å²) in [6, 6.07) is 13.9. The number of aromatic nitrogens is 3. The first kappa shape index (κ1) is 26.2. The molecule has 1 aliphatic rings. The molecule has 1 N–H and O–H groups in total. The molecule has 1 fully saturated rings. The summed E-state index contributed by atoms with van der Waals surface area (Å²) in [6.07, 6.45) is 6.82. The fraction of sp³-hybridized carbons (Fsp3) is 0.464. The monoisotopic (exact) mass is 511 g/mol. The highest BCUT2D eigenvalue weighted by Gasteiger charge is 2.38. The standard InChI is InChI=1S/C28H34ClN3O4/c1-28(2,27(33)34)25(13-10-22-16-32(31-30-22)23-5-4-6-23)20-9-14-26(29)21(15-20)18-36-17-19-7-11-24(35-3)12-8-19/h7-9,11-12,14-16,23,25H,4-6,10,13,17-18H2,1-3H3,(H,33,34)/t25-/m1/s1. The van der Waals surface area contributed by atoms with Crippen molar-refractivity contribution >= 4 is 17.6 Å². The molecule has 36 heavy (non-hydrogen) atoms. The molecule has 1 saturated carbocycles. The van der Waals surface area contributed by atoms with Crippen molar-refractivity contribution in [3.05, 3.63) is 76.1 Å². The van der Waals surface area contributed by atoms with Crippen LogP contribution in [-0.4, -0.2) is 33.2 Å². The fourth-order valence-electron chi connectivity index (χ4n) is 4.57. The van der Waals surface area contributed by atoms with Gasteiger partial charge in [-0.15, -0.1) is 5.10 Å². The number of rotatable bonds is 12. The first-order chi connectivity index (χ1) is 17.3. The van der Waals surface area contributed by atoms with Gasteiger partial charge in [-0.25, -0.2) is 4.68 Å². The zero-order chi connectivity index (χ0) is 25.7. The van der Waals surface area contributed by atoms with E-state index in [9.17, 15) is 9.90 Å². The zero-order valence-corrected chi connectivity index (χ0v) is 21.9. The second-order valence-corrected chi connectivity index (χ2v) is 10.5. The molecular weight excluding hydrogens is 478 g/mol. The smallest absolute Gasteiger partial charge is 0.309 e. The van der Waals surface area contributed by atoms with E-state index in [1.54, 1.807) is 21.0 Å². The van der Waals surface area contributed by atoms with E-state index in [2.05, 4.69) is 10.3 Å². The van der Waals surface area contributed by atoms with Gasteiger partial charge in [-0.1, -0.05) is 41.1 Å². The van der Waals surface area contributed by atoms with Gasteiger partial charge in [-0.2, -0.15) is 0 Å². The summed E-state index contributed by atoms with van der Waals surface area (Å²) in [5.74, 6) is -0.272. The second-order valence-electron chi connectivity index (χ2n) is 10.1. The molecule has 7 nitrogen and oxygen atoms in total.